The van der Waals surface area contributed by atoms with E-state index < -0.39 is 34.7 Å². The van der Waals surface area contributed by atoms with Crippen LogP contribution in [0.3, 0.4) is 0 Å². The van der Waals surface area contributed by atoms with E-state index in [0.29, 0.717) is 17.3 Å². The number of nitrogens with one attached hydrogen (secondary N) is 3. The van der Waals surface area contributed by atoms with Crippen LogP contribution in [-0.2, 0) is 6.18 Å². The summed E-state index contributed by atoms with van der Waals surface area (Å²) in [5, 5.41) is 2.81. The molecule has 5 N–H and O–H groups in total. The average molecular weight is 497 g/mol. The van der Waals surface area contributed by atoms with Gasteiger partial charge in [-0.2, -0.15) is 13.2 Å². The Morgan fingerprint density at radius 2 is 1.79 bits per heavy atom. The fraction of sp³-hybridized carbons (Fsp3) is 0.182. The third-order valence-corrected chi connectivity index (χ3v) is 5.57. The maximum absolute atomic E-state index is 15.2. The SMILES string of the molecule is CCN=C(N)c1c(C(=O)c2c(F)ccc(NSc3ccc(C(F)(F)F)cc3)c2F)c[nH]c1NC. The lowest BCUT2D eigenvalue weighted by Gasteiger charge is -2.12. The molecule has 34 heavy (non-hydrogen) atoms. The maximum atomic E-state index is 15.2. The average Bonchev–Trinajstić information content (AvgIpc) is 3.23. The predicted molar refractivity (Wildman–Crippen MR) is 122 cm³/mol. The molecule has 12 heteroatoms. The van der Waals surface area contributed by atoms with E-state index in [2.05, 4.69) is 20.0 Å². The van der Waals surface area contributed by atoms with Gasteiger partial charge in [0.2, 0.25) is 5.78 Å². The number of carbonyl (C=O) groups is 1. The molecule has 0 aliphatic carbocycles. The summed E-state index contributed by atoms with van der Waals surface area (Å²) in [5.41, 5.74) is 4.20. The van der Waals surface area contributed by atoms with Crippen molar-refractivity contribution in [3.05, 3.63) is 76.5 Å². The van der Waals surface area contributed by atoms with Crippen molar-refractivity contribution >= 4 is 35.1 Å². The minimum Gasteiger partial charge on any atom is -0.383 e. The van der Waals surface area contributed by atoms with Crippen molar-refractivity contribution in [3.63, 3.8) is 0 Å². The number of ketones is 1. The molecule has 0 spiro atoms. The molecule has 0 aliphatic rings. The normalized spacial score (nSPS) is 12.0. The minimum atomic E-state index is -4.48. The lowest BCUT2D eigenvalue weighted by molar-refractivity contribution is -0.137. The first-order valence-electron chi connectivity index (χ1n) is 9.90. The number of carbonyl (C=O) groups excluding carboxylic acids is 1. The molecular weight excluding hydrogens is 477 g/mol. The van der Waals surface area contributed by atoms with Gasteiger partial charge in [-0.25, -0.2) is 8.78 Å². The predicted octanol–water partition coefficient (Wildman–Crippen LogP) is 5.43. The number of hydrogen-bond acceptors (Lipinski definition) is 5. The van der Waals surface area contributed by atoms with Crippen molar-refractivity contribution in [1.82, 2.24) is 4.98 Å². The smallest absolute Gasteiger partial charge is 0.383 e. The number of aliphatic imine (C=N–C) groups is 1. The van der Waals surface area contributed by atoms with Crippen molar-refractivity contribution in [2.24, 2.45) is 10.7 Å². The number of aromatic amines is 1. The first kappa shape index (κ1) is 25.1. The van der Waals surface area contributed by atoms with Crippen LogP contribution in [0.4, 0.5) is 33.5 Å². The van der Waals surface area contributed by atoms with Gasteiger partial charge >= 0.3 is 6.18 Å². The molecule has 180 valence electrons. The van der Waals surface area contributed by atoms with Gasteiger partial charge in [-0.3, -0.25) is 9.79 Å². The van der Waals surface area contributed by atoms with Crippen LogP contribution in [0, 0.1) is 11.6 Å². The van der Waals surface area contributed by atoms with Gasteiger partial charge in [-0.15, -0.1) is 0 Å². The quantitative estimate of drug-likeness (QED) is 0.109. The summed E-state index contributed by atoms with van der Waals surface area (Å²) >= 11 is 0.805. The Labute approximate surface area is 196 Å². The summed E-state index contributed by atoms with van der Waals surface area (Å²) in [4.78, 5) is 20.3. The van der Waals surface area contributed by atoms with Gasteiger partial charge in [0.05, 0.1) is 27.9 Å². The third kappa shape index (κ3) is 5.16. The third-order valence-electron chi connectivity index (χ3n) is 4.74. The topological polar surface area (TPSA) is 95.3 Å². The molecular formula is C22H20F5N5OS. The fourth-order valence-electron chi connectivity index (χ4n) is 3.12. The van der Waals surface area contributed by atoms with E-state index >= 15 is 4.39 Å². The van der Waals surface area contributed by atoms with Gasteiger partial charge in [0.1, 0.15) is 17.5 Å². The molecule has 0 unspecified atom stereocenters. The van der Waals surface area contributed by atoms with Crippen LogP contribution in [0.25, 0.3) is 0 Å². The Morgan fingerprint density at radius 3 is 2.38 bits per heavy atom. The molecule has 0 bridgehead atoms. The highest BCUT2D eigenvalue weighted by atomic mass is 32.2. The number of H-pyrrole nitrogens is 1. The number of alkyl halides is 3. The van der Waals surface area contributed by atoms with Crippen LogP contribution in [0.1, 0.15) is 34.0 Å². The van der Waals surface area contributed by atoms with Crippen LogP contribution in [0.2, 0.25) is 0 Å². The Kier molecular flexibility index (Phi) is 7.50. The molecule has 1 aromatic heterocycles. The summed E-state index contributed by atoms with van der Waals surface area (Å²) in [6, 6.07) is 6.18. The van der Waals surface area contributed by atoms with E-state index in [0.717, 1.165) is 36.2 Å². The summed E-state index contributed by atoms with van der Waals surface area (Å²) in [5.74, 6) is -2.83. The van der Waals surface area contributed by atoms with Crippen molar-refractivity contribution in [1.29, 1.82) is 0 Å². The van der Waals surface area contributed by atoms with Gasteiger partial charge in [-0.1, -0.05) is 0 Å². The minimum absolute atomic E-state index is 0.0180. The number of benzene rings is 2. The van der Waals surface area contributed by atoms with Gasteiger partial charge in [0, 0.05) is 24.7 Å². The maximum Gasteiger partial charge on any atom is 0.416 e. The van der Waals surface area contributed by atoms with Crippen LogP contribution in [0.15, 0.2) is 52.5 Å². The molecule has 0 aliphatic heterocycles. The molecule has 3 aromatic rings. The summed E-state index contributed by atoms with van der Waals surface area (Å²) < 4.78 is 70.5. The highest BCUT2D eigenvalue weighted by Crippen LogP contribution is 2.32. The highest BCUT2D eigenvalue weighted by Gasteiger charge is 2.30. The zero-order chi connectivity index (χ0) is 25.0. The van der Waals surface area contributed by atoms with Crippen LogP contribution >= 0.6 is 11.9 Å². The van der Waals surface area contributed by atoms with E-state index in [1.807, 2.05) is 0 Å². The summed E-state index contributed by atoms with van der Waals surface area (Å²) in [6.45, 7) is 2.07. The van der Waals surface area contributed by atoms with Crippen molar-refractivity contribution in [2.45, 2.75) is 18.0 Å². The number of halogens is 5. The van der Waals surface area contributed by atoms with E-state index in [1.165, 1.54) is 18.3 Å². The molecule has 3 rings (SSSR count). The van der Waals surface area contributed by atoms with Gasteiger partial charge in [0.25, 0.3) is 0 Å². The van der Waals surface area contributed by atoms with Crippen molar-refractivity contribution in [2.75, 3.05) is 23.6 Å². The summed E-state index contributed by atoms with van der Waals surface area (Å²) in [6.07, 6.45) is -3.21. The first-order chi connectivity index (χ1) is 16.1. The van der Waals surface area contributed by atoms with Crippen LogP contribution < -0.4 is 15.8 Å². The number of hydrogen-bond donors (Lipinski definition) is 4. The van der Waals surface area contributed by atoms with E-state index in [1.54, 1.807) is 14.0 Å². The monoisotopic (exact) mass is 497 g/mol. The second-order valence-electron chi connectivity index (χ2n) is 6.90. The number of aromatic nitrogens is 1. The van der Waals surface area contributed by atoms with Gasteiger partial charge < -0.3 is 20.8 Å². The lowest BCUT2D eigenvalue weighted by Crippen LogP contribution is -2.19. The zero-order valence-electron chi connectivity index (χ0n) is 18.0. The fourth-order valence-corrected chi connectivity index (χ4v) is 3.77. The van der Waals surface area contributed by atoms with E-state index in [4.69, 9.17) is 5.73 Å². The van der Waals surface area contributed by atoms with E-state index in [-0.39, 0.29) is 22.6 Å². The standard InChI is InChI=1S/C22H20F5N5OS/c1-3-30-20(28)16-13(10-31-21(16)29-2)19(33)17-14(23)8-9-15(18(17)24)32-34-12-6-4-11(5-7-12)22(25,26)27/h4-10,29,31-32H,3H2,1-2H3,(H2,28,30). The highest BCUT2D eigenvalue weighted by molar-refractivity contribution is 8.00. The Hall–Kier alpha value is -3.54. The number of nitrogens with two attached hydrogens (primary N) is 1. The molecule has 0 saturated heterocycles. The lowest BCUT2D eigenvalue weighted by atomic mass is 9.99. The largest absolute Gasteiger partial charge is 0.416 e. The number of amidine groups is 1. The molecule has 0 radical (unpaired) electrons. The second kappa shape index (κ2) is 10.2. The number of anilines is 2. The van der Waals surface area contributed by atoms with Crippen molar-refractivity contribution in [3.8, 4) is 0 Å². The second-order valence-corrected chi connectivity index (χ2v) is 7.78. The van der Waals surface area contributed by atoms with Gasteiger partial charge in [0.15, 0.2) is 5.82 Å². The number of rotatable bonds is 8. The first-order valence-corrected chi connectivity index (χ1v) is 10.7. The van der Waals surface area contributed by atoms with E-state index in [9.17, 15) is 22.4 Å². The molecule has 0 saturated carbocycles. The van der Waals surface area contributed by atoms with Crippen LogP contribution in [-0.4, -0.2) is 30.2 Å². The Morgan fingerprint density at radius 1 is 1.12 bits per heavy atom. The molecule has 0 atom stereocenters. The zero-order valence-corrected chi connectivity index (χ0v) is 18.8. The Bertz CT molecular complexity index is 1220. The Balaban J connectivity index is 1.91. The molecule has 2 aromatic carbocycles. The van der Waals surface area contributed by atoms with Gasteiger partial charge in [-0.05, 0) is 55.3 Å². The molecule has 0 fully saturated rings. The molecule has 1 heterocycles. The van der Waals surface area contributed by atoms with Crippen LogP contribution in [0.5, 0.6) is 0 Å². The summed E-state index contributed by atoms with van der Waals surface area (Å²) in [7, 11) is 1.58. The molecule has 0 amide bonds. The van der Waals surface area contributed by atoms with Crippen molar-refractivity contribution < 1.29 is 26.7 Å². The number of nitrogens with zero attached hydrogens (tertiary/aromatic N) is 1. The molecule has 6 nitrogen and oxygen atoms in total.